The molecule has 1 aromatic carbocycles. The lowest BCUT2D eigenvalue weighted by molar-refractivity contribution is -0.161. The fourth-order valence-electron chi connectivity index (χ4n) is 3.69. The number of rotatable bonds is 7. The Labute approximate surface area is 185 Å². The number of aliphatic carboxylic acids is 1. The van der Waals surface area contributed by atoms with Crippen molar-refractivity contribution in [3.8, 4) is 0 Å². The number of benzene rings is 1. The van der Waals surface area contributed by atoms with E-state index in [9.17, 15) is 19.5 Å². The maximum Gasteiger partial charge on any atom is 0.327 e. The van der Waals surface area contributed by atoms with Gasteiger partial charge in [0.2, 0.25) is 11.8 Å². The number of hydrogen-bond donors (Lipinski definition) is 2. The molecule has 0 bridgehead atoms. The summed E-state index contributed by atoms with van der Waals surface area (Å²) >= 11 is 4.33. The summed E-state index contributed by atoms with van der Waals surface area (Å²) in [5, 5.41) is 21.1. The van der Waals surface area contributed by atoms with Crippen LogP contribution in [0.1, 0.15) is 17.5 Å². The maximum atomic E-state index is 12.7. The van der Waals surface area contributed by atoms with Crippen LogP contribution >= 0.6 is 34.9 Å². The van der Waals surface area contributed by atoms with E-state index in [-0.39, 0.29) is 23.6 Å². The number of nitrogens with zero attached hydrogens (tertiary/aromatic N) is 3. The van der Waals surface area contributed by atoms with Gasteiger partial charge in [0.15, 0.2) is 4.34 Å². The molecule has 3 heterocycles. The average Bonchev–Trinajstić information content (AvgIpc) is 3.25. The number of hydrogen-bond acceptors (Lipinski definition) is 8. The van der Waals surface area contributed by atoms with Crippen molar-refractivity contribution in [2.24, 2.45) is 0 Å². The molecule has 0 aliphatic carbocycles. The first-order valence-corrected chi connectivity index (χ1v) is 12.0. The lowest BCUT2D eigenvalue weighted by Crippen LogP contribution is -2.70. The molecule has 30 heavy (non-hydrogen) atoms. The van der Waals surface area contributed by atoms with Gasteiger partial charge < -0.3 is 15.3 Å². The van der Waals surface area contributed by atoms with E-state index in [0.717, 1.165) is 14.9 Å². The minimum Gasteiger partial charge on any atom is -0.480 e. The fourth-order valence-corrected chi connectivity index (χ4v) is 7.55. The highest BCUT2D eigenvalue weighted by molar-refractivity contribution is 8.05. The molecule has 2 N–H and O–H groups in total. The summed E-state index contributed by atoms with van der Waals surface area (Å²) in [7, 11) is 0. The number of thioether (sulfide) groups is 2. The van der Waals surface area contributed by atoms with Gasteiger partial charge in [-0.15, -0.1) is 22.0 Å². The third kappa shape index (κ3) is 3.93. The molecule has 2 aliphatic heterocycles. The number of nitrogens with one attached hydrogen (secondary N) is 1. The average molecular weight is 465 g/mol. The quantitative estimate of drug-likeness (QED) is 0.471. The van der Waals surface area contributed by atoms with Crippen LogP contribution < -0.4 is 5.32 Å². The Morgan fingerprint density at radius 3 is 2.67 bits per heavy atom. The standard InChI is InChI=1S/C19H20N4O4S3/c1-10-21-22-18(29-10)28-9-19(2)14(17(26)27)23-15(25)13(16(23)30-19)20-12(24)8-11-6-4-3-5-7-11/h3-7,13-14,16H,8-9H2,1-2H3,(H,20,24)(H,26,27)/t13?,14?,16-,19?/m1/s1. The minimum absolute atomic E-state index is 0.174. The molecule has 158 valence electrons. The number of carbonyl (C=O) groups is 3. The summed E-state index contributed by atoms with van der Waals surface area (Å²) in [6.45, 7) is 3.72. The Morgan fingerprint density at radius 1 is 1.30 bits per heavy atom. The smallest absolute Gasteiger partial charge is 0.327 e. The molecule has 0 spiro atoms. The Kier molecular flexibility index (Phi) is 5.78. The number of β-lactam (4-membered cyclic amide) rings is 1. The summed E-state index contributed by atoms with van der Waals surface area (Å²) in [6, 6.07) is 7.62. The SMILES string of the molecule is Cc1nnc(SCC2(C)S[C@@H]3C(NC(=O)Cc4ccccc4)C(=O)N3C2C(=O)O)s1. The molecule has 0 radical (unpaired) electrons. The predicted octanol–water partition coefficient (Wildman–Crippen LogP) is 1.79. The lowest BCUT2D eigenvalue weighted by Gasteiger charge is -2.43. The molecule has 1 aromatic heterocycles. The summed E-state index contributed by atoms with van der Waals surface area (Å²) in [5.41, 5.74) is 0.856. The van der Waals surface area contributed by atoms with Crippen molar-refractivity contribution in [2.75, 3.05) is 5.75 Å². The van der Waals surface area contributed by atoms with Gasteiger partial charge in [0.05, 0.1) is 11.2 Å². The molecule has 8 nitrogen and oxygen atoms in total. The third-order valence-electron chi connectivity index (χ3n) is 5.07. The topological polar surface area (TPSA) is 112 Å². The van der Waals surface area contributed by atoms with Gasteiger partial charge in [0.25, 0.3) is 0 Å². The van der Waals surface area contributed by atoms with Gasteiger partial charge in [0.1, 0.15) is 22.5 Å². The monoisotopic (exact) mass is 464 g/mol. The van der Waals surface area contributed by atoms with Gasteiger partial charge in [-0.25, -0.2) is 4.79 Å². The van der Waals surface area contributed by atoms with Crippen LogP contribution in [0.4, 0.5) is 0 Å². The molecule has 2 saturated heterocycles. The van der Waals surface area contributed by atoms with Crippen LogP contribution in [0.2, 0.25) is 0 Å². The zero-order valence-electron chi connectivity index (χ0n) is 16.3. The second kappa shape index (κ2) is 8.20. The van der Waals surface area contributed by atoms with Crippen molar-refractivity contribution in [3.63, 3.8) is 0 Å². The first kappa shape index (κ1) is 21.1. The first-order valence-electron chi connectivity index (χ1n) is 9.27. The summed E-state index contributed by atoms with van der Waals surface area (Å²) in [4.78, 5) is 38.5. The number of carboxylic acids is 1. The molecule has 2 aliphatic rings. The van der Waals surface area contributed by atoms with E-state index in [1.54, 1.807) is 0 Å². The van der Waals surface area contributed by atoms with Crippen LogP contribution in [0, 0.1) is 6.92 Å². The van der Waals surface area contributed by atoms with Crippen molar-refractivity contribution < 1.29 is 19.5 Å². The van der Waals surface area contributed by atoms with E-state index in [1.807, 2.05) is 44.2 Å². The summed E-state index contributed by atoms with van der Waals surface area (Å²) in [5.74, 6) is -1.17. The van der Waals surface area contributed by atoms with E-state index >= 15 is 0 Å². The summed E-state index contributed by atoms with van der Waals surface area (Å²) < 4.78 is 0.0572. The lowest BCUT2D eigenvalue weighted by atomic mass is 9.95. The van der Waals surface area contributed by atoms with Crippen LogP contribution in [0.25, 0.3) is 0 Å². The molecule has 0 saturated carbocycles. The molecule has 2 fully saturated rings. The highest BCUT2D eigenvalue weighted by Gasteiger charge is 2.65. The molecule has 4 rings (SSSR count). The minimum atomic E-state index is -1.04. The van der Waals surface area contributed by atoms with Crippen molar-refractivity contribution >= 4 is 52.6 Å². The van der Waals surface area contributed by atoms with Gasteiger partial charge >= 0.3 is 5.97 Å². The van der Waals surface area contributed by atoms with Crippen LogP contribution in [0.15, 0.2) is 34.7 Å². The van der Waals surface area contributed by atoms with Gasteiger partial charge in [0, 0.05) is 5.75 Å². The van der Waals surface area contributed by atoms with E-state index in [4.69, 9.17) is 0 Å². The first-order chi connectivity index (χ1) is 14.3. The molecule has 2 aromatic rings. The highest BCUT2D eigenvalue weighted by Crippen LogP contribution is 2.52. The largest absolute Gasteiger partial charge is 0.480 e. The summed E-state index contributed by atoms with van der Waals surface area (Å²) in [6.07, 6.45) is 0.174. The molecular formula is C19H20N4O4S3. The van der Waals surface area contributed by atoms with Crippen LogP contribution in [0.5, 0.6) is 0 Å². The third-order valence-corrected chi connectivity index (χ3v) is 9.21. The van der Waals surface area contributed by atoms with Crippen LogP contribution in [-0.2, 0) is 20.8 Å². The van der Waals surface area contributed by atoms with E-state index in [1.165, 1.54) is 39.8 Å². The van der Waals surface area contributed by atoms with E-state index in [0.29, 0.717) is 5.75 Å². The number of carbonyl (C=O) groups excluding carboxylic acids is 2. The number of amides is 2. The van der Waals surface area contributed by atoms with E-state index in [2.05, 4.69) is 15.5 Å². The molecular weight excluding hydrogens is 444 g/mol. The Morgan fingerprint density at radius 2 is 2.03 bits per heavy atom. The van der Waals surface area contributed by atoms with Crippen LogP contribution in [0.3, 0.4) is 0 Å². The van der Waals surface area contributed by atoms with Gasteiger partial charge in [-0.05, 0) is 19.4 Å². The molecule has 11 heteroatoms. The van der Waals surface area contributed by atoms with Crippen molar-refractivity contribution in [1.29, 1.82) is 0 Å². The van der Waals surface area contributed by atoms with Gasteiger partial charge in [-0.2, -0.15) is 0 Å². The fraction of sp³-hybridized carbons (Fsp3) is 0.421. The van der Waals surface area contributed by atoms with E-state index < -0.39 is 22.8 Å². The number of aromatic nitrogens is 2. The Hall–Kier alpha value is -2.11. The van der Waals surface area contributed by atoms with Gasteiger partial charge in [-0.3, -0.25) is 9.59 Å². The Bertz CT molecular complexity index is 985. The molecule has 4 atom stereocenters. The highest BCUT2D eigenvalue weighted by atomic mass is 32.2. The number of aryl methyl sites for hydroxylation is 1. The van der Waals surface area contributed by atoms with Crippen molar-refractivity contribution in [1.82, 2.24) is 20.4 Å². The van der Waals surface area contributed by atoms with Gasteiger partial charge in [-0.1, -0.05) is 53.4 Å². The second-order valence-corrected chi connectivity index (χ2v) is 11.4. The maximum absolute atomic E-state index is 12.7. The molecule has 3 unspecified atom stereocenters. The number of carboxylic acid groups (broad SMARTS) is 1. The normalized spacial score (nSPS) is 27.5. The zero-order valence-corrected chi connectivity index (χ0v) is 18.7. The second-order valence-electron chi connectivity index (χ2n) is 7.39. The Balaban J connectivity index is 1.44. The number of fused-ring (bicyclic) bond motifs is 1. The molecule has 2 amide bonds. The van der Waals surface area contributed by atoms with Crippen molar-refractivity contribution in [3.05, 3.63) is 40.9 Å². The predicted molar refractivity (Wildman–Crippen MR) is 116 cm³/mol. The van der Waals surface area contributed by atoms with Crippen LogP contribution in [-0.4, -0.2) is 65.9 Å². The van der Waals surface area contributed by atoms with Crippen molar-refractivity contribution in [2.45, 2.75) is 46.8 Å². The zero-order chi connectivity index (χ0) is 21.5.